The van der Waals surface area contributed by atoms with Crippen LogP contribution in [0.4, 0.5) is 0 Å². The lowest BCUT2D eigenvalue weighted by atomic mass is 10.1. The number of benzene rings is 2. The maximum atomic E-state index is 11.9. The molecule has 3 nitrogen and oxygen atoms in total. The van der Waals surface area contributed by atoms with Crippen LogP contribution in [0.25, 0.3) is 0 Å². The van der Waals surface area contributed by atoms with E-state index in [0.717, 1.165) is 11.1 Å². The van der Waals surface area contributed by atoms with Gasteiger partial charge >= 0.3 is 0 Å². The van der Waals surface area contributed by atoms with Gasteiger partial charge in [0, 0.05) is 18.5 Å². The van der Waals surface area contributed by atoms with Crippen molar-refractivity contribution in [1.82, 2.24) is 4.90 Å². The number of hydrogen-bond acceptors (Lipinski definition) is 2. The fourth-order valence-electron chi connectivity index (χ4n) is 2.13. The van der Waals surface area contributed by atoms with Gasteiger partial charge in [0.25, 0.3) is 0 Å². The molecule has 0 aliphatic rings. The minimum absolute atomic E-state index is 0.139. The van der Waals surface area contributed by atoms with Crippen LogP contribution in [0.2, 0.25) is 5.02 Å². The van der Waals surface area contributed by atoms with Gasteiger partial charge in [-0.25, -0.2) is 0 Å². The van der Waals surface area contributed by atoms with Crippen LogP contribution >= 0.6 is 11.6 Å². The molecular weight excluding hydrogens is 284 g/mol. The maximum absolute atomic E-state index is 11.9. The number of rotatable bonds is 4. The summed E-state index contributed by atoms with van der Waals surface area (Å²) in [6, 6.07) is 18.2. The molecule has 0 heterocycles. The van der Waals surface area contributed by atoms with Crippen molar-refractivity contribution in [2.45, 2.75) is 19.5 Å². The first kappa shape index (κ1) is 15.1. The average molecular weight is 299 g/mol. The maximum Gasteiger partial charge on any atom is 0.221 e. The molecule has 0 aromatic heterocycles. The molecule has 4 heteroatoms. The van der Waals surface area contributed by atoms with Gasteiger partial charge in [0.15, 0.2) is 0 Å². The van der Waals surface area contributed by atoms with Crippen LogP contribution in [0.15, 0.2) is 54.6 Å². The molecule has 2 aromatic rings. The van der Waals surface area contributed by atoms with Crippen molar-refractivity contribution >= 4 is 17.5 Å². The molecule has 2 aromatic carbocycles. The highest BCUT2D eigenvalue weighted by Gasteiger charge is 2.22. The zero-order valence-electron chi connectivity index (χ0n) is 11.7. The van der Waals surface area contributed by atoms with Crippen LogP contribution in [0.5, 0.6) is 0 Å². The quantitative estimate of drug-likeness (QED) is 0.857. The molecule has 1 atom stereocenters. The van der Waals surface area contributed by atoms with E-state index in [0.29, 0.717) is 11.6 Å². The number of hydrogen-bond donors (Lipinski definition) is 0. The van der Waals surface area contributed by atoms with E-state index in [2.05, 4.69) is 6.07 Å². The Morgan fingerprint density at radius 3 is 2.33 bits per heavy atom. The molecule has 0 fully saturated rings. The van der Waals surface area contributed by atoms with Crippen LogP contribution in [0.3, 0.4) is 0 Å². The molecule has 0 saturated carbocycles. The van der Waals surface area contributed by atoms with Gasteiger partial charge < -0.3 is 4.90 Å². The van der Waals surface area contributed by atoms with Crippen molar-refractivity contribution in [3.8, 4) is 6.07 Å². The topological polar surface area (TPSA) is 44.1 Å². The van der Waals surface area contributed by atoms with E-state index in [1.165, 1.54) is 6.92 Å². The second-order valence-electron chi connectivity index (χ2n) is 4.72. The standard InChI is InChI=1S/C17H15ClN2O/c1-13(21)20(12-14-7-9-16(18)10-8-14)17(11-19)15-5-3-2-4-6-15/h2-10,17H,12H2,1H3/t17-/m1/s1. The zero-order chi connectivity index (χ0) is 15.2. The van der Waals surface area contributed by atoms with Gasteiger partial charge in [-0.1, -0.05) is 54.1 Å². The Balaban J connectivity index is 2.28. The average Bonchev–Trinajstić information content (AvgIpc) is 2.50. The van der Waals surface area contributed by atoms with E-state index in [-0.39, 0.29) is 5.91 Å². The highest BCUT2D eigenvalue weighted by atomic mass is 35.5. The van der Waals surface area contributed by atoms with Crippen LogP contribution < -0.4 is 0 Å². The van der Waals surface area contributed by atoms with Crippen LogP contribution in [-0.2, 0) is 11.3 Å². The summed E-state index contributed by atoms with van der Waals surface area (Å²) < 4.78 is 0. The van der Waals surface area contributed by atoms with Gasteiger partial charge in [0.05, 0.1) is 6.07 Å². The monoisotopic (exact) mass is 298 g/mol. The van der Waals surface area contributed by atoms with Gasteiger partial charge in [-0.2, -0.15) is 5.26 Å². The smallest absolute Gasteiger partial charge is 0.221 e. The molecule has 1 amide bonds. The number of amides is 1. The summed E-state index contributed by atoms with van der Waals surface area (Å²) in [6.45, 7) is 1.85. The summed E-state index contributed by atoms with van der Waals surface area (Å²) >= 11 is 5.86. The molecule has 0 aliphatic carbocycles. The molecule has 0 radical (unpaired) electrons. The van der Waals surface area contributed by atoms with E-state index >= 15 is 0 Å². The van der Waals surface area contributed by atoms with Crippen molar-refractivity contribution in [2.24, 2.45) is 0 Å². The number of nitriles is 1. The molecule has 2 rings (SSSR count). The minimum atomic E-state index is -0.598. The molecular formula is C17H15ClN2O. The third kappa shape index (κ3) is 3.84. The first-order chi connectivity index (χ1) is 10.1. The SMILES string of the molecule is CC(=O)N(Cc1ccc(Cl)cc1)[C@H](C#N)c1ccccc1. The molecule has 0 unspecified atom stereocenters. The highest BCUT2D eigenvalue weighted by molar-refractivity contribution is 6.30. The largest absolute Gasteiger partial charge is 0.318 e. The zero-order valence-corrected chi connectivity index (χ0v) is 12.4. The van der Waals surface area contributed by atoms with Crippen LogP contribution in [-0.4, -0.2) is 10.8 Å². The Morgan fingerprint density at radius 2 is 1.81 bits per heavy atom. The molecule has 106 valence electrons. The fourth-order valence-corrected chi connectivity index (χ4v) is 2.26. The summed E-state index contributed by atoms with van der Waals surface area (Å²) in [4.78, 5) is 13.5. The van der Waals surface area contributed by atoms with E-state index in [4.69, 9.17) is 11.6 Å². The van der Waals surface area contributed by atoms with E-state index in [1.54, 1.807) is 17.0 Å². The minimum Gasteiger partial charge on any atom is -0.318 e. The van der Waals surface area contributed by atoms with Gasteiger partial charge in [-0.3, -0.25) is 4.79 Å². The lowest BCUT2D eigenvalue weighted by Crippen LogP contribution is -2.31. The predicted octanol–water partition coefficient (Wildman–Crippen LogP) is 3.95. The van der Waals surface area contributed by atoms with Crippen molar-refractivity contribution < 1.29 is 4.79 Å². The second kappa shape index (κ2) is 6.92. The normalized spacial score (nSPS) is 11.5. The van der Waals surface area contributed by atoms with E-state index in [9.17, 15) is 10.1 Å². The van der Waals surface area contributed by atoms with Crippen LogP contribution in [0.1, 0.15) is 24.1 Å². The summed E-state index contributed by atoms with van der Waals surface area (Å²) in [6.07, 6.45) is 0. The number of nitrogens with zero attached hydrogens (tertiary/aromatic N) is 2. The van der Waals surface area contributed by atoms with E-state index in [1.807, 2.05) is 42.5 Å². The molecule has 21 heavy (non-hydrogen) atoms. The Hall–Kier alpha value is -2.31. The third-order valence-corrected chi connectivity index (χ3v) is 3.47. The summed E-state index contributed by atoms with van der Waals surface area (Å²) in [5.41, 5.74) is 1.75. The Bertz CT molecular complexity index is 647. The number of carbonyl (C=O) groups excluding carboxylic acids is 1. The van der Waals surface area contributed by atoms with Gasteiger partial charge in [-0.15, -0.1) is 0 Å². The lowest BCUT2D eigenvalue weighted by molar-refractivity contribution is -0.130. The van der Waals surface area contributed by atoms with Crippen molar-refractivity contribution in [1.29, 1.82) is 5.26 Å². The third-order valence-electron chi connectivity index (χ3n) is 3.22. The molecule has 0 N–H and O–H groups in total. The second-order valence-corrected chi connectivity index (χ2v) is 5.15. The first-order valence-electron chi connectivity index (χ1n) is 6.58. The molecule has 0 bridgehead atoms. The summed E-state index contributed by atoms with van der Waals surface area (Å²) in [5, 5.41) is 10.1. The Kier molecular flexibility index (Phi) is 4.97. The van der Waals surface area contributed by atoms with Gasteiger partial charge in [-0.05, 0) is 23.3 Å². The number of halogens is 1. The Morgan fingerprint density at radius 1 is 1.19 bits per heavy atom. The van der Waals surface area contributed by atoms with Gasteiger partial charge in [0.1, 0.15) is 6.04 Å². The number of carbonyl (C=O) groups is 1. The summed E-state index contributed by atoms with van der Waals surface area (Å²) in [5.74, 6) is -0.139. The van der Waals surface area contributed by atoms with Crippen molar-refractivity contribution in [3.05, 3.63) is 70.7 Å². The first-order valence-corrected chi connectivity index (χ1v) is 6.96. The predicted molar refractivity (Wildman–Crippen MR) is 82.5 cm³/mol. The lowest BCUT2D eigenvalue weighted by Gasteiger charge is -2.26. The Labute approximate surface area is 129 Å². The van der Waals surface area contributed by atoms with E-state index < -0.39 is 6.04 Å². The van der Waals surface area contributed by atoms with Gasteiger partial charge in [0.2, 0.25) is 5.91 Å². The molecule has 0 spiro atoms. The van der Waals surface area contributed by atoms with Crippen LogP contribution in [0, 0.1) is 11.3 Å². The highest BCUT2D eigenvalue weighted by Crippen LogP contribution is 2.23. The van der Waals surface area contributed by atoms with Crippen molar-refractivity contribution in [2.75, 3.05) is 0 Å². The molecule has 0 saturated heterocycles. The fraction of sp³-hybridized carbons (Fsp3) is 0.176. The molecule has 0 aliphatic heterocycles. The van der Waals surface area contributed by atoms with Crippen molar-refractivity contribution in [3.63, 3.8) is 0 Å². The summed E-state index contributed by atoms with van der Waals surface area (Å²) in [7, 11) is 0.